The second-order valence-electron chi connectivity index (χ2n) is 2.16. The van der Waals surface area contributed by atoms with Gasteiger partial charge in [0.1, 0.15) is 18.2 Å². The van der Waals surface area contributed by atoms with Crippen molar-refractivity contribution in [1.82, 2.24) is 10.2 Å². The molecule has 0 atom stereocenters. The van der Waals surface area contributed by atoms with Crippen LogP contribution in [0.15, 0.2) is 12.3 Å². The Kier molecular flexibility index (Phi) is 3.29. The van der Waals surface area contributed by atoms with E-state index in [0.29, 0.717) is 18.6 Å². The van der Waals surface area contributed by atoms with Crippen molar-refractivity contribution in [3.05, 3.63) is 17.8 Å². The lowest BCUT2D eigenvalue weighted by atomic mass is 10.3. The van der Waals surface area contributed by atoms with E-state index in [-0.39, 0.29) is 5.88 Å². The highest BCUT2D eigenvalue weighted by Crippen LogP contribution is 2.10. The summed E-state index contributed by atoms with van der Waals surface area (Å²) in [6, 6.07) is 3.48. The van der Waals surface area contributed by atoms with Gasteiger partial charge in [-0.25, -0.2) is 0 Å². The molecule has 0 N–H and O–H groups in total. The van der Waals surface area contributed by atoms with Gasteiger partial charge in [-0.2, -0.15) is 10.4 Å². The number of hydrogen-bond donors (Lipinski definition) is 0. The van der Waals surface area contributed by atoms with Gasteiger partial charge in [0.05, 0.1) is 6.20 Å². The second kappa shape index (κ2) is 4.74. The smallest absolute Gasteiger partial charge is 0.251 e. The molecule has 13 heavy (non-hydrogen) atoms. The average Bonchev–Trinajstić information content (AvgIpc) is 2.19. The molecule has 4 nitrogen and oxygen atoms in total. The Hall–Kier alpha value is -2.07. The van der Waals surface area contributed by atoms with E-state index < -0.39 is 0 Å². The molecule has 64 valence electrons. The first-order chi connectivity index (χ1) is 6.38. The van der Waals surface area contributed by atoms with Crippen molar-refractivity contribution < 1.29 is 4.74 Å². The van der Waals surface area contributed by atoms with Gasteiger partial charge in [0.15, 0.2) is 0 Å². The second-order valence-corrected chi connectivity index (χ2v) is 2.16. The summed E-state index contributed by atoms with van der Waals surface area (Å²) in [6.07, 6.45) is 6.96. The Labute approximate surface area is 76.2 Å². The fourth-order valence-electron chi connectivity index (χ4n) is 0.717. The van der Waals surface area contributed by atoms with Crippen LogP contribution in [-0.2, 0) is 0 Å². The van der Waals surface area contributed by atoms with Gasteiger partial charge < -0.3 is 4.74 Å². The van der Waals surface area contributed by atoms with Crippen molar-refractivity contribution in [1.29, 1.82) is 5.26 Å². The van der Waals surface area contributed by atoms with Crippen LogP contribution in [0.2, 0.25) is 0 Å². The topological polar surface area (TPSA) is 58.8 Å². The molecule has 0 radical (unpaired) electrons. The van der Waals surface area contributed by atoms with Crippen molar-refractivity contribution in [2.75, 3.05) is 6.61 Å². The number of hydrogen-bond acceptors (Lipinski definition) is 4. The summed E-state index contributed by atoms with van der Waals surface area (Å²) in [5, 5.41) is 15.9. The van der Waals surface area contributed by atoms with E-state index in [0.717, 1.165) is 0 Å². The zero-order chi connectivity index (χ0) is 9.52. The predicted octanol–water partition coefficient (Wildman–Crippen LogP) is 0.750. The Morgan fingerprint density at radius 2 is 2.46 bits per heavy atom. The highest BCUT2D eigenvalue weighted by atomic mass is 16.5. The lowest BCUT2D eigenvalue weighted by Crippen LogP contribution is -2.00. The molecule has 0 aliphatic heterocycles. The summed E-state index contributed by atoms with van der Waals surface area (Å²) in [6.45, 7) is 0.351. The maximum absolute atomic E-state index is 8.64. The molecular weight excluding hydrogens is 166 g/mol. The molecule has 0 amide bonds. The monoisotopic (exact) mass is 173 g/mol. The lowest BCUT2D eigenvalue weighted by Gasteiger charge is -2.01. The number of rotatable bonds is 3. The number of nitrogens with zero attached hydrogens (tertiary/aromatic N) is 3. The molecule has 1 aromatic rings. The van der Waals surface area contributed by atoms with Crippen LogP contribution in [0, 0.1) is 23.7 Å². The molecular formula is C9H7N3O. The molecule has 0 spiro atoms. The molecule has 0 unspecified atom stereocenters. The summed E-state index contributed by atoms with van der Waals surface area (Å²) in [7, 11) is 0. The van der Waals surface area contributed by atoms with Crippen LogP contribution in [0.5, 0.6) is 5.88 Å². The minimum atomic E-state index is 0.236. The summed E-state index contributed by atoms with van der Waals surface area (Å²) >= 11 is 0. The van der Waals surface area contributed by atoms with Crippen LogP contribution in [0.25, 0.3) is 0 Å². The fraction of sp³-hybridized carbons (Fsp3) is 0.222. The molecule has 0 aliphatic carbocycles. The highest BCUT2D eigenvalue weighted by Gasteiger charge is 2.02. The quantitative estimate of drug-likeness (QED) is 0.500. The maximum atomic E-state index is 8.64. The lowest BCUT2D eigenvalue weighted by molar-refractivity contribution is 0.309. The Morgan fingerprint density at radius 1 is 1.62 bits per heavy atom. The van der Waals surface area contributed by atoms with Gasteiger partial charge in [0.2, 0.25) is 0 Å². The summed E-state index contributed by atoms with van der Waals surface area (Å²) in [5.41, 5.74) is 0.368. The summed E-state index contributed by atoms with van der Waals surface area (Å²) in [5.74, 6) is 2.66. The third-order valence-corrected chi connectivity index (χ3v) is 1.29. The first-order valence-corrected chi connectivity index (χ1v) is 3.66. The van der Waals surface area contributed by atoms with Crippen molar-refractivity contribution in [2.45, 2.75) is 6.42 Å². The van der Waals surface area contributed by atoms with E-state index in [1.54, 1.807) is 0 Å². The average molecular weight is 173 g/mol. The van der Waals surface area contributed by atoms with Crippen LogP contribution >= 0.6 is 0 Å². The van der Waals surface area contributed by atoms with Crippen molar-refractivity contribution in [2.24, 2.45) is 0 Å². The van der Waals surface area contributed by atoms with E-state index >= 15 is 0 Å². The van der Waals surface area contributed by atoms with Crippen LogP contribution in [0.3, 0.4) is 0 Å². The standard InChI is InChI=1S/C9H7N3O/c1-2-3-6-13-9-8(7-10)4-5-11-12-9/h1,4-5H,3,6H2. The highest BCUT2D eigenvalue weighted by molar-refractivity contribution is 5.35. The molecule has 0 saturated heterocycles. The number of nitriles is 1. The number of terminal acetylenes is 1. The Bertz CT molecular complexity index is 362. The molecule has 1 heterocycles. The van der Waals surface area contributed by atoms with E-state index in [1.165, 1.54) is 12.3 Å². The van der Waals surface area contributed by atoms with E-state index in [1.807, 2.05) is 6.07 Å². The summed E-state index contributed by atoms with van der Waals surface area (Å²) < 4.78 is 5.13. The first-order valence-electron chi connectivity index (χ1n) is 3.66. The van der Waals surface area contributed by atoms with E-state index in [4.69, 9.17) is 16.4 Å². The van der Waals surface area contributed by atoms with Gasteiger partial charge in [-0.15, -0.1) is 17.4 Å². The van der Waals surface area contributed by atoms with Crippen molar-refractivity contribution >= 4 is 0 Å². The fourth-order valence-corrected chi connectivity index (χ4v) is 0.717. The normalized spacial score (nSPS) is 8.46. The third-order valence-electron chi connectivity index (χ3n) is 1.29. The van der Waals surface area contributed by atoms with Gasteiger partial charge in [0.25, 0.3) is 5.88 Å². The van der Waals surface area contributed by atoms with E-state index in [2.05, 4.69) is 16.1 Å². The minimum absolute atomic E-state index is 0.236. The molecule has 0 saturated carbocycles. The van der Waals surface area contributed by atoms with Crippen LogP contribution in [0.4, 0.5) is 0 Å². The first kappa shape index (κ1) is 9.02. The molecule has 0 aliphatic rings. The summed E-state index contributed by atoms with van der Waals surface area (Å²) in [4.78, 5) is 0. The number of ether oxygens (including phenoxy) is 1. The van der Waals surface area contributed by atoms with Gasteiger partial charge in [-0.1, -0.05) is 0 Å². The molecule has 0 bridgehead atoms. The van der Waals surface area contributed by atoms with Gasteiger partial charge in [-0.3, -0.25) is 0 Å². The van der Waals surface area contributed by atoms with Gasteiger partial charge in [-0.05, 0) is 6.07 Å². The van der Waals surface area contributed by atoms with Crippen molar-refractivity contribution in [3.63, 3.8) is 0 Å². The van der Waals surface area contributed by atoms with Crippen LogP contribution in [0.1, 0.15) is 12.0 Å². The SMILES string of the molecule is C#CCCOc1nnccc1C#N. The van der Waals surface area contributed by atoms with Crippen molar-refractivity contribution in [3.8, 4) is 24.3 Å². The van der Waals surface area contributed by atoms with E-state index in [9.17, 15) is 0 Å². The molecule has 4 heteroatoms. The van der Waals surface area contributed by atoms with Gasteiger partial charge in [0, 0.05) is 6.42 Å². The van der Waals surface area contributed by atoms with Crippen LogP contribution < -0.4 is 4.74 Å². The molecule has 1 aromatic heterocycles. The Morgan fingerprint density at radius 3 is 3.15 bits per heavy atom. The molecule has 0 fully saturated rings. The maximum Gasteiger partial charge on any atom is 0.251 e. The minimum Gasteiger partial charge on any atom is -0.475 e. The largest absolute Gasteiger partial charge is 0.475 e. The predicted molar refractivity (Wildman–Crippen MR) is 45.7 cm³/mol. The van der Waals surface area contributed by atoms with Gasteiger partial charge >= 0.3 is 0 Å². The zero-order valence-corrected chi connectivity index (χ0v) is 6.90. The third kappa shape index (κ3) is 2.46. The van der Waals surface area contributed by atoms with Crippen LogP contribution in [-0.4, -0.2) is 16.8 Å². The number of aromatic nitrogens is 2. The molecule has 0 aromatic carbocycles. The Balaban J connectivity index is 2.67. The zero-order valence-electron chi connectivity index (χ0n) is 6.90. The molecule has 1 rings (SSSR count).